The van der Waals surface area contributed by atoms with Crippen molar-refractivity contribution >= 4 is 0 Å². The molecule has 0 unspecified atom stereocenters. The van der Waals surface area contributed by atoms with Crippen LogP contribution in [0.2, 0.25) is 0 Å². The van der Waals surface area contributed by atoms with Gasteiger partial charge < -0.3 is 5.11 Å². The molecule has 24 heavy (non-hydrogen) atoms. The minimum absolute atomic E-state index is 0.235. The van der Waals surface area contributed by atoms with Crippen molar-refractivity contribution in [2.75, 3.05) is 0 Å². The molecule has 0 saturated heterocycles. The van der Waals surface area contributed by atoms with Crippen molar-refractivity contribution in [3.63, 3.8) is 0 Å². The summed E-state index contributed by atoms with van der Waals surface area (Å²) in [5.41, 5.74) is 3.59. The predicted octanol–water partition coefficient (Wildman–Crippen LogP) is 5.27. The van der Waals surface area contributed by atoms with Gasteiger partial charge in [0.1, 0.15) is 0 Å². The first kappa shape index (κ1) is 16.5. The van der Waals surface area contributed by atoms with E-state index in [1.165, 1.54) is 16.7 Å². The molecule has 1 N–H and O–H groups in total. The van der Waals surface area contributed by atoms with Gasteiger partial charge in [0.2, 0.25) is 0 Å². The molecular weight excluding hydrogens is 292 g/mol. The predicted molar refractivity (Wildman–Crippen MR) is 100 cm³/mol. The van der Waals surface area contributed by atoms with Gasteiger partial charge in [0, 0.05) is 5.41 Å². The fourth-order valence-electron chi connectivity index (χ4n) is 3.25. The molecule has 0 radical (unpaired) electrons. The van der Waals surface area contributed by atoms with Crippen LogP contribution in [0.15, 0.2) is 84.9 Å². The third kappa shape index (κ3) is 3.00. The second kappa shape index (κ2) is 6.26. The maximum absolute atomic E-state index is 10.2. The zero-order chi connectivity index (χ0) is 17.2. The van der Waals surface area contributed by atoms with Gasteiger partial charge in [-0.3, -0.25) is 0 Å². The van der Waals surface area contributed by atoms with Crippen LogP contribution in [0.3, 0.4) is 0 Å². The molecule has 1 heteroatoms. The van der Waals surface area contributed by atoms with E-state index in [1.807, 2.05) is 38.1 Å². The SMILES string of the molecule is CC(C)(O)c1ccc(C(C)(c2ccccc2)c2ccccc2)cc1. The van der Waals surface area contributed by atoms with Crippen LogP contribution in [0.25, 0.3) is 0 Å². The Bertz CT molecular complexity index is 741. The molecule has 3 aromatic carbocycles. The van der Waals surface area contributed by atoms with E-state index < -0.39 is 5.60 Å². The van der Waals surface area contributed by atoms with E-state index >= 15 is 0 Å². The highest BCUT2D eigenvalue weighted by molar-refractivity contribution is 5.49. The summed E-state index contributed by atoms with van der Waals surface area (Å²) < 4.78 is 0. The van der Waals surface area contributed by atoms with E-state index in [4.69, 9.17) is 0 Å². The second-order valence-corrected chi connectivity index (χ2v) is 6.99. The minimum atomic E-state index is -0.825. The van der Waals surface area contributed by atoms with Gasteiger partial charge in [-0.15, -0.1) is 0 Å². The molecule has 0 fully saturated rings. The van der Waals surface area contributed by atoms with Gasteiger partial charge in [-0.25, -0.2) is 0 Å². The monoisotopic (exact) mass is 316 g/mol. The molecule has 1 nitrogen and oxygen atoms in total. The lowest BCUT2D eigenvalue weighted by Gasteiger charge is -2.32. The van der Waals surface area contributed by atoms with Crippen molar-refractivity contribution in [2.24, 2.45) is 0 Å². The first-order valence-corrected chi connectivity index (χ1v) is 8.37. The maximum Gasteiger partial charge on any atom is 0.0840 e. The van der Waals surface area contributed by atoms with Crippen molar-refractivity contribution in [2.45, 2.75) is 31.8 Å². The molecule has 0 aliphatic carbocycles. The maximum atomic E-state index is 10.2. The molecule has 0 saturated carbocycles. The highest BCUT2D eigenvalue weighted by atomic mass is 16.3. The Morgan fingerprint density at radius 3 is 1.21 bits per heavy atom. The molecule has 0 heterocycles. The van der Waals surface area contributed by atoms with Crippen LogP contribution in [-0.2, 0) is 11.0 Å². The quantitative estimate of drug-likeness (QED) is 0.650. The zero-order valence-electron chi connectivity index (χ0n) is 14.5. The Morgan fingerprint density at radius 1 is 0.500 bits per heavy atom. The number of rotatable bonds is 4. The molecule has 0 aliphatic rings. The standard InChI is InChI=1S/C23H24O/c1-22(2,24)18-14-16-21(17-15-18)23(3,19-10-6-4-7-11-19)20-12-8-5-9-13-20/h4-17,24H,1-3H3. The summed E-state index contributed by atoms with van der Waals surface area (Å²) in [5.74, 6) is 0. The number of benzene rings is 3. The molecular formula is C23H24O. The summed E-state index contributed by atoms with van der Waals surface area (Å²) in [6, 6.07) is 29.5. The Labute approximate surface area is 144 Å². The minimum Gasteiger partial charge on any atom is -0.386 e. The van der Waals surface area contributed by atoms with Crippen molar-refractivity contribution in [3.8, 4) is 0 Å². The molecule has 3 rings (SSSR count). The van der Waals surface area contributed by atoms with E-state index in [-0.39, 0.29) is 5.41 Å². The lowest BCUT2D eigenvalue weighted by molar-refractivity contribution is 0.0786. The van der Waals surface area contributed by atoms with E-state index in [9.17, 15) is 5.11 Å². The average Bonchev–Trinajstić information content (AvgIpc) is 2.62. The summed E-state index contributed by atoms with van der Waals surface area (Å²) in [6.07, 6.45) is 0. The largest absolute Gasteiger partial charge is 0.386 e. The van der Waals surface area contributed by atoms with Crippen LogP contribution in [0.4, 0.5) is 0 Å². The summed E-state index contributed by atoms with van der Waals surface area (Å²) in [7, 11) is 0. The molecule has 0 aromatic heterocycles. The Kier molecular flexibility index (Phi) is 4.29. The van der Waals surface area contributed by atoms with E-state index in [0.29, 0.717) is 0 Å². The van der Waals surface area contributed by atoms with Gasteiger partial charge in [0.25, 0.3) is 0 Å². The summed E-state index contributed by atoms with van der Waals surface area (Å²) >= 11 is 0. The fourth-order valence-corrected chi connectivity index (χ4v) is 3.25. The van der Waals surface area contributed by atoms with Crippen molar-refractivity contribution < 1.29 is 5.11 Å². The smallest absolute Gasteiger partial charge is 0.0840 e. The number of hydrogen-bond acceptors (Lipinski definition) is 1. The molecule has 0 atom stereocenters. The van der Waals surface area contributed by atoms with Gasteiger partial charge in [0.05, 0.1) is 5.60 Å². The van der Waals surface area contributed by atoms with Crippen LogP contribution in [0.1, 0.15) is 43.0 Å². The molecule has 0 bridgehead atoms. The molecule has 122 valence electrons. The summed E-state index contributed by atoms with van der Waals surface area (Å²) in [4.78, 5) is 0. The van der Waals surface area contributed by atoms with Crippen LogP contribution < -0.4 is 0 Å². The Hall–Kier alpha value is -2.38. The lowest BCUT2D eigenvalue weighted by Crippen LogP contribution is -2.25. The van der Waals surface area contributed by atoms with Gasteiger partial charge in [-0.05, 0) is 43.0 Å². The van der Waals surface area contributed by atoms with E-state index in [0.717, 1.165) is 5.56 Å². The lowest BCUT2D eigenvalue weighted by atomic mass is 9.71. The number of hydrogen-bond donors (Lipinski definition) is 1. The van der Waals surface area contributed by atoms with Crippen molar-refractivity contribution in [3.05, 3.63) is 107 Å². The third-order valence-corrected chi connectivity index (χ3v) is 4.87. The first-order valence-electron chi connectivity index (χ1n) is 8.37. The van der Waals surface area contributed by atoms with Crippen LogP contribution >= 0.6 is 0 Å². The van der Waals surface area contributed by atoms with Crippen LogP contribution in [0, 0.1) is 0 Å². The average molecular weight is 316 g/mol. The van der Waals surface area contributed by atoms with Gasteiger partial charge >= 0.3 is 0 Å². The van der Waals surface area contributed by atoms with Gasteiger partial charge in [0.15, 0.2) is 0 Å². The van der Waals surface area contributed by atoms with E-state index in [1.54, 1.807) is 0 Å². The molecule has 0 amide bonds. The van der Waals surface area contributed by atoms with Crippen LogP contribution in [-0.4, -0.2) is 5.11 Å². The highest BCUT2D eigenvalue weighted by Crippen LogP contribution is 2.39. The Balaban J connectivity index is 2.16. The fraction of sp³-hybridized carbons (Fsp3) is 0.217. The van der Waals surface area contributed by atoms with Gasteiger partial charge in [-0.1, -0.05) is 84.9 Å². The zero-order valence-corrected chi connectivity index (χ0v) is 14.5. The summed E-state index contributed by atoms with van der Waals surface area (Å²) in [5, 5.41) is 10.2. The topological polar surface area (TPSA) is 20.2 Å². The number of aliphatic hydroxyl groups is 1. The van der Waals surface area contributed by atoms with Crippen molar-refractivity contribution in [1.82, 2.24) is 0 Å². The Morgan fingerprint density at radius 2 is 0.833 bits per heavy atom. The van der Waals surface area contributed by atoms with E-state index in [2.05, 4.69) is 67.6 Å². The van der Waals surface area contributed by atoms with Gasteiger partial charge in [-0.2, -0.15) is 0 Å². The summed E-state index contributed by atoms with van der Waals surface area (Å²) in [6.45, 7) is 5.89. The molecule has 3 aromatic rings. The normalized spacial score (nSPS) is 12.2. The first-order chi connectivity index (χ1) is 11.4. The molecule has 0 aliphatic heterocycles. The highest BCUT2D eigenvalue weighted by Gasteiger charge is 2.31. The third-order valence-electron chi connectivity index (χ3n) is 4.87. The van der Waals surface area contributed by atoms with Crippen LogP contribution in [0.5, 0.6) is 0 Å². The second-order valence-electron chi connectivity index (χ2n) is 6.99. The molecule has 0 spiro atoms. The van der Waals surface area contributed by atoms with Crippen molar-refractivity contribution in [1.29, 1.82) is 0 Å².